The zero-order valence-electron chi connectivity index (χ0n) is 14.9. The number of likely N-dealkylation sites (N-methyl/N-ethyl adjacent to an activating group) is 1. The lowest BCUT2D eigenvalue weighted by Gasteiger charge is -2.49. The molecule has 1 fully saturated rings. The maximum Gasteiger partial charge on any atom is 0.317 e. The number of carbonyl (C=O) groups is 1. The number of rotatable bonds is 1. The van der Waals surface area contributed by atoms with Crippen molar-refractivity contribution in [1.29, 1.82) is 0 Å². The first-order chi connectivity index (χ1) is 12.2. The van der Waals surface area contributed by atoms with E-state index in [1.54, 1.807) is 7.05 Å². The maximum absolute atomic E-state index is 11.9. The first-order valence-electron chi connectivity index (χ1n) is 8.95. The zero-order valence-corrected chi connectivity index (χ0v) is 14.9. The largest absolute Gasteiger partial charge is 0.341 e. The van der Waals surface area contributed by atoms with Gasteiger partial charge in [0.25, 0.3) is 0 Å². The summed E-state index contributed by atoms with van der Waals surface area (Å²) in [5.41, 5.74) is 2.33. The number of carbonyl (C=O) groups excluding carboxylic acids is 1. The molecule has 1 saturated heterocycles. The van der Waals surface area contributed by atoms with Gasteiger partial charge in [-0.05, 0) is 25.5 Å². The van der Waals surface area contributed by atoms with Crippen LogP contribution >= 0.6 is 0 Å². The van der Waals surface area contributed by atoms with Gasteiger partial charge >= 0.3 is 6.03 Å². The van der Waals surface area contributed by atoms with Gasteiger partial charge in [-0.3, -0.25) is 4.90 Å². The smallest absolute Gasteiger partial charge is 0.317 e. The van der Waals surface area contributed by atoms with E-state index >= 15 is 0 Å². The molecule has 0 radical (unpaired) electrons. The minimum absolute atomic E-state index is 0.0154. The summed E-state index contributed by atoms with van der Waals surface area (Å²) >= 11 is 0. The van der Waals surface area contributed by atoms with Crippen LogP contribution in [0.25, 0.3) is 11.3 Å². The molecule has 1 spiro atoms. The topological polar surface area (TPSA) is 53.4 Å². The molecular weight excluding hydrogens is 314 g/mol. The van der Waals surface area contributed by atoms with E-state index in [1.165, 1.54) is 11.3 Å². The summed E-state index contributed by atoms with van der Waals surface area (Å²) in [6.45, 7) is 3.48. The van der Waals surface area contributed by atoms with Crippen molar-refractivity contribution in [3.8, 4) is 11.3 Å². The van der Waals surface area contributed by atoms with Gasteiger partial charge < -0.3 is 14.8 Å². The molecule has 1 aromatic heterocycles. The van der Waals surface area contributed by atoms with E-state index in [0.29, 0.717) is 0 Å². The molecule has 6 heteroatoms. The number of aromatic nitrogens is 2. The van der Waals surface area contributed by atoms with Crippen molar-refractivity contribution in [3.63, 3.8) is 0 Å². The predicted octanol–water partition coefficient (Wildman–Crippen LogP) is 2.13. The fourth-order valence-electron chi connectivity index (χ4n) is 4.29. The van der Waals surface area contributed by atoms with Crippen LogP contribution in [0, 0.1) is 0 Å². The molecule has 0 unspecified atom stereocenters. The highest BCUT2D eigenvalue weighted by Gasteiger charge is 2.46. The molecule has 1 aromatic carbocycles. The second-order valence-electron chi connectivity index (χ2n) is 6.98. The number of urea groups is 1. The van der Waals surface area contributed by atoms with E-state index in [9.17, 15) is 4.79 Å². The Bertz CT molecular complexity index is 761. The van der Waals surface area contributed by atoms with Crippen LogP contribution in [0.4, 0.5) is 4.79 Å². The Hall–Kier alpha value is -2.34. The van der Waals surface area contributed by atoms with Crippen molar-refractivity contribution >= 4 is 6.03 Å². The van der Waals surface area contributed by atoms with E-state index in [1.807, 2.05) is 17.2 Å². The van der Waals surface area contributed by atoms with Gasteiger partial charge in [-0.1, -0.05) is 30.3 Å². The third-order valence-electron chi connectivity index (χ3n) is 5.82. The first-order valence-corrected chi connectivity index (χ1v) is 8.95. The molecule has 2 aliphatic heterocycles. The number of imidazole rings is 1. The highest BCUT2D eigenvalue weighted by atomic mass is 16.2. The number of nitrogens with zero attached hydrogens (tertiary/aromatic N) is 4. The number of likely N-dealkylation sites (tertiary alicyclic amines) is 1. The van der Waals surface area contributed by atoms with Crippen LogP contribution in [-0.4, -0.2) is 59.1 Å². The SMILES string of the molecule is CNC(=O)N1CCC2(CC1)c1ncc(-c3ccccc3)n1CCN2C. The molecule has 2 aliphatic rings. The average Bonchev–Trinajstić information content (AvgIpc) is 3.11. The summed E-state index contributed by atoms with van der Waals surface area (Å²) in [4.78, 5) is 21.1. The van der Waals surface area contributed by atoms with Crippen LogP contribution in [0.5, 0.6) is 0 Å². The minimum Gasteiger partial charge on any atom is -0.341 e. The van der Waals surface area contributed by atoms with Gasteiger partial charge in [0.05, 0.1) is 17.4 Å². The second kappa shape index (κ2) is 6.19. The minimum atomic E-state index is -0.0736. The van der Waals surface area contributed by atoms with Crippen molar-refractivity contribution in [1.82, 2.24) is 24.7 Å². The third kappa shape index (κ3) is 2.52. The Morgan fingerprint density at radius 3 is 2.52 bits per heavy atom. The fourth-order valence-corrected chi connectivity index (χ4v) is 4.29. The Morgan fingerprint density at radius 2 is 1.84 bits per heavy atom. The molecule has 0 bridgehead atoms. The number of amides is 2. The lowest BCUT2D eigenvalue weighted by Crippen LogP contribution is -2.57. The quantitative estimate of drug-likeness (QED) is 0.866. The Balaban J connectivity index is 1.68. The molecule has 4 rings (SSSR count). The fraction of sp³-hybridized carbons (Fsp3) is 0.474. The summed E-state index contributed by atoms with van der Waals surface area (Å²) in [5.74, 6) is 1.15. The molecule has 25 heavy (non-hydrogen) atoms. The van der Waals surface area contributed by atoms with Gasteiger partial charge in [-0.2, -0.15) is 0 Å². The lowest BCUT2D eigenvalue weighted by atomic mass is 9.83. The van der Waals surface area contributed by atoms with Crippen molar-refractivity contribution in [2.75, 3.05) is 33.7 Å². The summed E-state index contributed by atoms with van der Waals surface area (Å²) < 4.78 is 2.38. The summed E-state index contributed by atoms with van der Waals surface area (Å²) in [5, 5.41) is 2.73. The van der Waals surface area contributed by atoms with Gasteiger partial charge in [0.1, 0.15) is 5.82 Å². The van der Waals surface area contributed by atoms with Crippen molar-refractivity contribution < 1.29 is 4.79 Å². The predicted molar refractivity (Wildman–Crippen MR) is 97.2 cm³/mol. The van der Waals surface area contributed by atoms with Crippen molar-refractivity contribution in [3.05, 3.63) is 42.4 Å². The van der Waals surface area contributed by atoms with Crippen LogP contribution in [-0.2, 0) is 12.1 Å². The Kier molecular flexibility index (Phi) is 4.00. The Morgan fingerprint density at radius 1 is 1.12 bits per heavy atom. The highest BCUT2D eigenvalue weighted by molar-refractivity contribution is 5.73. The van der Waals surface area contributed by atoms with E-state index in [0.717, 1.165) is 44.8 Å². The van der Waals surface area contributed by atoms with Crippen LogP contribution in [0.15, 0.2) is 36.5 Å². The lowest BCUT2D eigenvalue weighted by molar-refractivity contribution is 0.0188. The average molecular weight is 339 g/mol. The normalized spacial score (nSPS) is 19.7. The second-order valence-corrected chi connectivity index (χ2v) is 6.98. The summed E-state index contributed by atoms with van der Waals surface area (Å²) in [6, 6.07) is 10.5. The number of fused-ring (bicyclic) bond motifs is 2. The number of hydrogen-bond acceptors (Lipinski definition) is 3. The number of piperidine rings is 1. The molecule has 2 amide bonds. The highest BCUT2D eigenvalue weighted by Crippen LogP contribution is 2.41. The summed E-state index contributed by atoms with van der Waals surface area (Å²) in [6.07, 6.45) is 3.85. The van der Waals surface area contributed by atoms with Gasteiger partial charge in [-0.25, -0.2) is 9.78 Å². The van der Waals surface area contributed by atoms with Crippen LogP contribution < -0.4 is 5.32 Å². The van der Waals surface area contributed by atoms with Crippen LogP contribution in [0.3, 0.4) is 0 Å². The van der Waals surface area contributed by atoms with Gasteiger partial charge in [0.15, 0.2) is 0 Å². The third-order valence-corrected chi connectivity index (χ3v) is 5.82. The van der Waals surface area contributed by atoms with E-state index < -0.39 is 0 Å². The van der Waals surface area contributed by atoms with Gasteiger partial charge in [0, 0.05) is 33.2 Å². The molecular formula is C19H25N5O. The Labute approximate surface area is 148 Å². The molecule has 6 nitrogen and oxygen atoms in total. The number of hydrogen-bond donors (Lipinski definition) is 1. The molecule has 1 N–H and O–H groups in total. The van der Waals surface area contributed by atoms with E-state index in [-0.39, 0.29) is 11.6 Å². The van der Waals surface area contributed by atoms with Gasteiger partial charge in [-0.15, -0.1) is 0 Å². The van der Waals surface area contributed by atoms with Crippen LogP contribution in [0.1, 0.15) is 18.7 Å². The molecule has 0 atom stereocenters. The van der Waals surface area contributed by atoms with Crippen LogP contribution in [0.2, 0.25) is 0 Å². The first kappa shape index (κ1) is 16.1. The number of benzene rings is 1. The number of nitrogens with one attached hydrogen (secondary N) is 1. The zero-order chi connectivity index (χ0) is 17.4. The van der Waals surface area contributed by atoms with E-state index in [4.69, 9.17) is 4.98 Å². The monoisotopic (exact) mass is 339 g/mol. The molecule has 2 aromatic rings. The molecule has 0 saturated carbocycles. The van der Waals surface area contributed by atoms with Crippen molar-refractivity contribution in [2.24, 2.45) is 0 Å². The molecule has 132 valence electrons. The maximum atomic E-state index is 11.9. The van der Waals surface area contributed by atoms with E-state index in [2.05, 4.69) is 46.1 Å². The molecule has 3 heterocycles. The van der Waals surface area contributed by atoms with Crippen molar-refractivity contribution in [2.45, 2.75) is 24.9 Å². The van der Waals surface area contributed by atoms with Gasteiger partial charge in [0.2, 0.25) is 0 Å². The standard InChI is InChI=1S/C19H25N5O/c1-20-18(25)23-10-8-19(9-11-23)17-21-14-16(15-6-4-3-5-7-15)24(17)13-12-22(19)2/h3-7,14H,8-13H2,1-2H3,(H,20,25). The molecule has 0 aliphatic carbocycles. The summed E-state index contributed by atoms with van der Waals surface area (Å²) in [7, 11) is 3.88.